The number of benzene rings is 5. The molecule has 2 aliphatic carbocycles. The molecule has 1 atom stereocenters. The van der Waals surface area contributed by atoms with Gasteiger partial charge in [-0.05, 0) is 62.4 Å². The molecule has 0 N–H and O–H groups in total. The normalized spacial score (nSPS) is 18.0. The van der Waals surface area contributed by atoms with Crippen molar-refractivity contribution in [3.05, 3.63) is 118 Å². The zero-order chi connectivity index (χ0) is 20.3. The minimum Gasteiger partial charge on any atom is -0.135 e. The molecular formula is C29H15BrS. The van der Waals surface area contributed by atoms with E-state index >= 15 is 0 Å². The van der Waals surface area contributed by atoms with Crippen LogP contribution >= 0.6 is 27.3 Å². The summed E-state index contributed by atoms with van der Waals surface area (Å²) in [6.45, 7) is 0. The summed E-state index contributed by atoms with van der Waals surface area (Å²) < 4.78 is 3.91. The molecule has 144 valence electrons. The smallest absolute Gasteiger partial charge is 0.0727 e. The van der Waals surface area contributed by atoms with Crippen LogP contribution in [-0.4, -0.2) is 0 Å². The first-order chi connectivity index (χ1) is 15.3. The van der Waals surface area contributed by atoms with Crippen LogP contribution in [0.3, 0.4) is 0 Å². The van der Waals surface area contributed by atoms with E-state index in [-0.39, 0.29) is 5.41 Å². The van der Waals surface area contributed by atoms with Gasteiger partial charge in [0.2, 0.25) is 0 Å². The topological polar surface area (TPSA) is 0 Å². The summed E-state index contributed by atoms with van der Waals surface area (Å²) in [6.07, 6.45) is 0. The summed E-state index contributed by atoms with van der Waals surface area (Å²) in [5, 5.41) is 5.53. The lowest BCUT2D eigenvalue weighted by Gasteiger charge is -2.31. The first-order valence-electron chi connectivity index (χ1n) is 10.6. The van der Waals surface area contributed by atoms with Crippen molar-refractivity contribution in [2.75, 3.05) is 0 Å². The Morgan fingerprint density at radius 2 is 1.42 bits per heavy atom. The van der Waals surface area contributed by atoms with Crippen molar-refractivity contribution in [1.29, 1.82) is 0 Å². The Bertz CT molecular complexity index is 1760. The van der Waals surface area contributed by atoms with Gasteiger partial charge in [0.15, 0.2) is 0 Å². The summed E-state index contributed by atoms with van der Waals surface area (Å²) in [5.41, 5.74) is 8.20. The largest absolute Gasteiger partial charge is 0.135 e. The highest BCUT2D eigenvalue weighted by Gasteiger charge is 2.51. The molecule has 8 rings (SSSR count). The molecule has 0 radical (unpaired) electrons. The number of hydrogen-bond acceptors (Lipinski definition) is 1. The van der Waals surface area contributed by atoms with Crippen LogP contribution in [0, 0.1) is 0 Å². The Balaban J connectivity index is 1.68. The van der Waals surface area contributed by atoms with Gasteiger partial charge in [0, 0.05) is 24.6 Å². The van der Waals surface area contributed by atoms with Crippen LogP contribution in [-0.2, 0) is 5.41 Å². The fourth-order valence-corrected chi connectivity index (χ4v) is 8.10. The van der Waals surface area contributed by atoms with Crippen LogP contribution in [0.4, 0.5) is 0 Å². The van der Waals surface area contributed by atoms with Gasteiger partial charge in [-0.15, -0.1) is 11.3 Å². The molecule has 5 aromatic carbocycles. The lowest BCUT2D eigenvalue weighted by Crippen LogP contribution is -2.26. The van der Waals surface area contributed by atoms with Crippen molar-refractivity contribution in [3.8, 4) is 11.1 Å². The average Bonchev–Trinajstić information content (AvgIpc) is 3.42. The molecule has 1 aromatic heterocycles. The van der Waals surface area contributed by atoms with Crippen LogP contribution in [0.15, 0.2) is 95.5 Å². The maximum Gasteiger partial charge on any atom is 0.0727 e. The van der Waals surface area contributed by atoms with Crippen LogP contribution in [0.1, 0.15) is 22.3 Å². The molecule has 0 nitrogen and oxygen atoms in total. The fraction of sp³-hybridized carbons (Fsp3) is 0.0345. The standard InChI is InChI=1S/C29H15BrS/c30-17-14-23-28-25(15-17)31-24-11-5-10-21(27(24)28)29(23)20-9-4-3-8-19(20)26-18-7-2-1-6-16(18)12-13-22(26)29/h1-15H. The summed E-state index contributed by atoms with van der Waals surface area (Å²) in [6, 6.07) is 34.1. The van der Waals surface area contributed by atoms with Crippen molar-refractivity contribution in [2.24, 2.45) is 0 Å². The molecule has 2 heteroatoms. The second-order valence-electron chi connectivity index (χ2n) is 8.61. The predicted molar refractivity (Wildman–Crippen MR) is 135 cm³/mol. The van der Waals surface area contributed by atoms with Crippen molar-refractivity contribution in [1.82, 2.24) is 0 Å². The second kappa shape index (κ2) is 5.45. The fourth-order valence-electron chi connectivity index (χ4n) is 6.29. The van der Waals surface area contributed by atoms with Gasteiger partial charge in [-0.1, -0.05) is 88.7 Å². The Kier molecular flexibility index (Phi) is 2.94. The molecule has 1 spiro atoms. The van der Waals surface area contributed by atoms with Crippen molar-refractivity contribution >= 4 is 58.2 Å². The molecule has 0 saturated carbocycles. The molecule has 0 amide bonds. The molecule has 1 unspecified atom stereocenters. The quantitative estimate of drug-likeness (QED) is 0.206. The number of thiophene rings is 1. The third-order valence-corrected chi connectivity index (χ3v) is 8.86. The Hall–Kier alpha value is -2.94. The molecule has 0 fully saturated rings. The molecule has 6 aromatic rings. The lowest BCUT2D eigenvalue weighted by molar-refractivity contribution is 0.797. The Morgan fingerprint density at radius 1 is 0.613 bits per heavy atom. The van der Waals surface area contributed by atoms with Gasteiger partial charge < -0.3 is 0 Å². The van der Waals surface area contributed by atoms with Crippen molar-refractivity contribution < 1.29 is 0 Å². The molecule has 2 aliphatic rings. The van der Waals surface area contributed by atoms with Gasteiger partial charge in [-0.3, -0.25) is 0 Å². The van der Waals surface area contributed by atoms with Gasteiger partial charge in [0.1, 0.15) is 0 Å². The minimum absolute atomic E-state index is 0.254. The number of fused-ring (bicyclic) bond motifs is 9. The maximum atomic E-state index is 3.84. The zero-order valence-corrected chi connectivity index (χ0v) is 18.8. The van der Waals surface area contributed by atoms with E-state index in [1.54, 1.807) is 0 Å². The molecular weight excluding hydrogens is 460 g/mol. The SMILES string of the molecule is Brc1cc2c3c(c1)sc1cccc(c13)C21c2ccccc2-c2c1ccc1ccccc21. The van der Waals surface area contributed by atoms with Crippen LogP contribution in [0.2, 0.25) is 0 Å². The second-order valence-corrected chi connectivity index (χ2v) is 10.6. The third kappa shape index (κ3) is 1.77. The third-order valence-electron chi connectivity index (χ3n) is 7.30. The van der Waals surface area contributed by atoms with Gasteiger partial charge in [-0.2, -0.15) is 0 Å². The molecule has 0 bridgehead atoms. The van der Waals surface area contributed by atoms with Crippen LogP contribution in [0.5, 0.6) is 0 Å². The highest BCUT2D eigenvalue weighted by atomic mass is 79.9. The van der Waals surface area contributed by atoms with E-state index in [1.807, 2.05) is 11.3 Å². The highest BCUT2D eigenvalue weighted by Crippen LogP contribution is 2.64. The van der Waals surface area contributed by atoms with E-state index in [1.165, 1.54) is 64.3 Å². The van der Waals surface area contributed by atoms with Gasteiger partial charge in [0.25, 0.3) is 0 Å². The van der Waals surface area contributed by atoms with E-state index in [2.05, 4.69) is 107 Å². The summed E-state index contributed by atoms with van der Waals surface area (Å²) in [4.78, 5) is 0. The van der Waals surface area contributed by atoms with Crippen molar-refractivity contribution in [2.45, 2.75) is 5.41 Å². The first-order valence-corrected chi connectivity index (χ1v) is 12.2. The molecule has 0 saturated heterocycles. The monoisotopic (exact) mass is 474 g/mol. The summed E-state index contributed by atoms with van der Waals surface area (Å²) in [5.74, 6) is 0. The van der Waals surface area contributed by atoms with E-state index in [0.717, 1.165) is 4.47 Å². The van der Waals surface area contributed by atoms with Crippen LogP contribution in [0.25, 0.3) is 42.1 Å². The van der Waals surface area contributed by atoms with Gasteiger partial charge in [-0.25, -0.2) is 0 Å². The van der Waals surface area contributed by atoms with Gasteiger partial charge >= 0.3 is 0 Å². The van der Waals surface area contributed by atoms with Crippen molar-refractivity contribution in [3.63, 3.8) is 0 Å². The number of halogens is 1. The number of hydrogen-bond donors (Lipinski definition) is 0. The Labute approximate surface area is 191 Å². The van der Waals surface area contributed by atoms with E-state index in [4.69, 9.17) is 0 Å². The molecule has 0 aliphatic heterocycles. The highest BCUT2D eigenvalue weighted by molar-refractivity contribution is 9.10. The average molecular weight is 475 g/mol. The first kappa shape index (κ1) is 16.7. The predicted octanol–water partition coefficient (Wildman–Crippen LogP) is 8.65. The van der Waals surface area contributed by atoms with Gasteiger partial charge in [0.05, 0.1) is 5.41 Å². The summed E-state index contributed by atoms with van der Waals surface area (Å²) in [7, 11) is 0. The van der Waals surface area contributed by atoms with E-state index in [0.29, 0.717) is 0 Å². The molecule has 1 heterocycles. The number of rotatable bonds is 0. The Morgan fingerprint density at radius 3 is 2.39 bits per heavy atom. The molecule has 31 heavy (non-hydrogen) atoms. The van der Waals surface area contributed by atoms with E-state index < -0.39 is 0 Å². The maximum absolute atomic E-state index is 3.84. The zero-order valence-electron chi connectivity index (χ0n) is 16.4. The van der Waals surface area contributed by atoms with E-state index in [9.17, 15) is 0 Å². The lowest BCUT2D eigenvalue weighted by atomic mass is 9.70. The summed E-state index contributed by atoms with van der Waals surface area (Å²) >= 11 is 5.74. The minimum atomic E-state index is -0.254. The van der Waals surface area contributed by atoms with Crippen LogP contribution < -0.4 is 0 Å².